The number of likely N-dealkylation sites (tertiary alicyclic amines) is 1. The first-order valence-corrected chi connectivity index (χ1v) is 13.7. The summed E-state index contributed by atoms with van der Waals surface area (Å²) in [5.74, 6) is -9.49. The van der Waals surface area contributed by atoms with Gasteiger partial charge in [0.15, 0.2) is 0 Å². The lowest BCUT2D eigenvalue weighted by atomic mass is 10.1. The normalized spacial score (nSPS) is 17.2. The third-order valence-electron chi connectivity index (χ3n) is 6.68. The second-order valence-electron chi connectivity index (χ2n) is 10.1. The average Bonchev–Trinajstić information content (AvgIpc) is 3.41. The van der Waals surface area contributed by atoms with E-state index < -0.39 is 110 Å². The summed E-state index contributed by atoms with van der Waals surface area (Å²) in [4.78, 5) is 98.0. The van der Waals surface area contributed by atoms with Gasteiger partial charge in [-0.25, -0.2) is 4.79 Å². The number of aliphatic carboxylic acids is 4. The van der Waals surface area contributed by atoms with Crippen LogP contribution in [0, 0.1) is 0 Å². The van der Waals surface area contributed by atoms with E-state index in [4.69, 9.17) is 21.7 Å². The van der Waals surface area contributed by atoms with Crippen molar-refractivity contribution in [2.45, 2.75) is 94.4 Å². The molecule has 0 aromatic heterocycles. The Hall–Kier alpha value is -4.32. The molecule has 0 unspecified atom stereocenters. The first kappa shape index (κ1) is 36.7. The zero-order valence-electron chi connectivity index (χ0n) is 23.5. The molecule has 0 aromatic rings. The van der Waals surface area contributed by atoms with Crippen molar-refractivity contribution in [1.29, 1.82) is 0 Å². The molecular formula is C25H40N6O12. The topological polar surface area (TPSA) is 309 Å². The van der Waals surface area contributed by atoms with Crippen LogP contribution in [0.25, 0.3) is 0 Å². The van der Waals surface area contributed by atoms with E-state index in [1.807, 2.05) is 5.32 Å². The van der Waals surface area contributed by atoms with Gasteiger partial charge >= 0.3 is 23.9 Å². The molecule has 4 amide bonds. The van der Waals surface area contributed by atoms with Crippen LogP contribution < -0.4 is 27.4 Å². The first-order chi connectivity index (χ1) is 20.2. The number of unbranched alkanes of at least 4 members (excludes halogenated alkanes) is 1. The van der Waals surface area contributed by atoms with Crippen molar-refractivity contribution in [3.05, 3.63) is 0 Å². The standard InChI is InChI=1S/C25H40N6O12/c26-10-2-1-4-13(27)24(41)31-11-3-5-17(31)23(40)28-14(6-8-18(32)33)21(38)30-16(12-20(36)37)22(39)29-15(25(42)43)7-9-19(34)35/h13-17H,1-12,26-27H2,(H,28,40)(H,29,39)(H,30,38)(H,32,33)(H,34,35)(H,36,37)(H,42,43)/t13-,14-,15-,16-,17-/m0/s1. The lowest BCUT2D eigenvalue weighted by Gasteiger charge is -2.29. The van der Waals surface area contributed by atoms with E-state index in [-0.39, 0.29) is 13.0 Å². The highest BCUT2D eigenvalue weighted by Gasteiger charge is 2.38. The summed E-state index contributed by atoms with van der Waals surface area (Å²) >= 11 is 0. The van der Waals surface area contributed by atoms with E-state index in [0.29, 0.717) is 32.2 Å². The average molecular weight is 617 g/mol. The van der Waals surface area contributed by atoms with E-state index in [1.54, 1.807) is 0 Å². The number of hydrogen-bond donors (Lipinski definition) is 9. The number of amides is 4. The molecule has 1 fully saturated rings. The van der Waals surface area contributed by atoms with Crippen molar-refractivity contribution in [3.63, 3.8) is 0 Å². The summed E-state index contributed by atoms with van der Waals surface area (Å²) in [5.41, 5.74) is 11.5. The molecule has 0 saturated carbocycles. The van der Waals surface area contributed by atoms with Gasteiger partial charge in [0.05, 0.1) is 12.5 Å². The van der Waals surface area contributed by atoms with Gasteiger partial charge in [0.25, 0.3) is 0 Å². The monoisotopic (exact) mass is 616 g/mol. The van der Waals surface area contributed by atoms with Crippen LogP contribution in [0.4, 0.5) is 0 Å². The third-order valence-corrected chi connectivity index (χ3v) is 6.68. The first-order valence-electron chi connectivity index (χ1n) is 13.7. The van der Waals surface area contributed by atoms with Crippen LogP contribution in [-0.2, 0) is 38.4 Å². The Kier molecular flexibility index (Phi) is 15.6. The van der Waals surface area contributed by atoms with Crippen LogP contribution in [-0.4, -0.2) is 116 Å². The Labute approximate surface area is 246 Å². The molecular weight excluding hydrogens is 576 g/mol. The lowest BCUT2D eigenvalue weighted by molar-refractivity contribution is -0.144. The number of nitrogens with zero attached hydrogens (tertiary/aromatic N) is 1. The number of rotatable bonds is 20. The molecule has 18 nitrogen and oxygen atoms in total. The van der Waals surface area contributed by atoms with Crippen LogP contribution in [0.5, 0.6) is 0 Å². The second-order valence-corrected chi connectivity index (χ2v) is 10.1. The zero-order chi connectivity index (χ0) is 32.7. The molecule has 0 spiro atoms. The Bertz CT molecular complexity index is 1050. The van der Waals surface area contributed by atoms with Gasteiger partial charge in [0.2, 0.25) is 23.6 Å². The maximum Gasteiger partial charge on any atom is 0.326 e. The van der Waals surface area contributed by atoms with Crippen molar-refractivity contribution in [2.24, 2.45) is 11.5 Å². The number of nitrogens with two attached hydrogens (primary N) is 2. The minimum absolute atomic E-state index is 0.223. The largest absolute Gasteiger partial charge is 0.481 e. The smallest absolute Gasteiger partial charge is 0.326 e. The molecule has 1 saturated heterocycles. The molecule has 242 valence electrons. The molecule has 1 rings (SSSR count). The highest BCUT2D eigenvalue weighted by molar-refractivity contribution is 5.96. The quantitative estimate of drug-likeness (QED) is 0.0623. The molecule has 0 bridgehead atoms. The summed E-state index contributed by atoms with van der Waals surface area (Å²) in [6.45, 7) is 0.649. The van der Waals surface area contributed by atoms with E-state index in [9.17, 15) is 48.6 Å². The van der Waals surface area contributed by atoms with Crippen LogP contribution in [0.15, 0.2) is 0 Å². The molecule has 0 radical (unpaired) electrons. The highest BCUT2D eigenvalue weighted by atomic mass is 16.4. The molecule has 1 aliphatic heterocycles. The minimum Gasteiger partial charge on any atom is -0.481 e. The second kappa shape index (κ2) is 18.3. The van der Waals surface area contributed by atoms with Crippen LogP contribution in [0.3, 0.4) is 0 Å². The number of nitrogens with one attached hydrogen (secondary N) is 3. The van der Waals surface area contributed by atoms with Gasteiger partial charge in [-0.05, 0) is 45.1 Å². The number of carbonyl (C=O) groups is 8. The predicted molar refractivity (Wildman–Crippen MR) is 145 cm³/mol. The summed E-state index contributed by atoms with van der Waals surface area (Å²) < 4.78 is 0. The Morgan fingerprint density at radius 3 is 1.84 bits per heavy atom. The molecule has 0 aliphatic carbocycles. The molecule has 18 heteroatoms. The fourth-order valence-electron chi connectivity index (χ4n) is 4.41. The van der Waals surface area contributed by atoms with Crippen LogP contribution in [0.1, 0.15) is 64.2 Å². The Morgan fingerprint density at radius 1 is 0.744 bits per heavy atom. The molecule has 43 heavy (non-hydrogen) atoms. The fraction of sp³-hybridized carbons (Fsp3) is 0.680. The van der Waals surface area contributed by atoms with Crippen molar-refractivity contribution in [3.8, 4) is 0 Å². The molecule has 0 aromatic carbocycles. The SMILES string of the molecule is NCCCC[C@H](N)C(=O)N1CCC[C@H]1C(=O)N[C@@H](CCC(=O)O)C(=O)N[C@@H](CC(=O)O)C(=O)N[C@@H](CCC(=O)O)C(=O)O. The Morgan fingerprint density at radius 2 is 1.30 bits per heavy atom. The van der Waals surface area contributed by atoms with Crippen molar-refractivity contribution in [1.82, 2.24) is 20.9 Å². The van der Waals surface area contributed by atoms with E-state index >= 15 is 0 Å². The Balaban J connectivity index is 3.07. The van der Waals surface area contributed by atoms with Crippen LogP contribution >= 0.6 is 0 Å². The van der Waals surface area contributed by atoms with Gasteiger partial charge in [-0.2, -0.15) is 0 Å². The van der Waals surface area contributed by atoms with Gasteiger partial charge in [-0.1, -0.05) is 6.42 Å². The van der Waals surface area contributed by atoms with Crippen molar-refractivity contribution < 1.29 is 58.8 Å². The van der Waals surface area contributed by atoms with Gasteiger partial charge < -0.3 is 52.7 Å². The van der Waals surface area contributed by atoms with E-state index in [0.717, 1.165) is 0 Å². The summed E-state index contributed by atoms with van der Waals surface area (Å²) in [5, 5.41) is 42.9. The maximum absolute atomic E-state index is 13.2. The van der Waals surface area contributed by atoms with Gasteiger partial charge in [-0.15, -0.1) is 0 Å². The summed E-state index contributed by atoms with van der Waals surface area (Å²) in [6, 6.07) is -7.06. The van der Waals surface area contributed by atoms with Crippen molar-refractivity contribution >= 4 is 47.5 Å². The van der Waals surface area contributed by atoms with Crippen LogP contribution in [0.2, 0.25) is 0 Å². The summed E-state index contributed by atoms with van der Waals surface area (Å²) in [6.07, 6.45) is -0.963. The fourth-order valence-corrected chi connectivity index (χ4v) is 4.41. The lowest BCUT2D eigenvalue weighted by Crippen LogP contribution is -2.58. The highest BCUT2D eigenvalue weighted by Crippen LogP contribution is 2.20. The van der Waals surface area contributed by atoms with E-state index in [2.05, 4.69) is 10.6 Å². The minimum atomic E-state index is -1.86. The number of carbonyl (C=O) groups excluding carboxylic acids is 4. The molecule has 1 heterocycles. The van der Waals surface area contributed by atoms with Gasteiger partial charge in [0, 0.05) is 19.4 Å². The zero-order valence-corrected chi connectivity index (χ0v) is 23.5. The van der Waals surface area contributed by atoms with Crippen molar-refractivity contribution in [2.75, 3.05) is 13.1 Å². The number of carboxylic acids is 4. The third kappa shape index (κ3) is 13.0. The maximum atomic E-state index is 13.2. The molecule has 1 aliphatic rings. The predicted octanol–water partition coefficient (Wildman–Crippen LogP) is -2.82. The number of hydrogen-bond acceptors (Lipinski definition) is 10. The molecule has 5 atom stereocenters. The van der Waals surface area contributed by atoms with Gasteiger partial charge in [0.1, 0.15) is 24.2 Å². The number of carboxylic acid groups (broad SMARTS) is 4. The molecule has 11 N–H and O–H groups in total. The summed E-state index contributed by atoms with van der Waals surface area (Å²) in [7, 11) is 0. The van der Waals surface area contributed by atoms with Gasteiger partial charge in [-0.3, -0.25) is 33.6 Å². The van der Waals surface area contributed by atoms with E-state index in [1.165, 1.54) is 4.90 Å².